The quantitative estimate of drug-likeness (QED) is 0.856. The fourth-order valence-corrected chi connectivity index (χ4v) is 3.95. The first kappa shape index (κ1) is 14.7. The van der Waals surface area contributed by atoms with E-state index in [1.165, 1.54) is 0 Å². The normalized spacial score (nSPS) is 27.7. The number of hydrogen-bond donors (Lipinski definition) is 1. The molecule has 2 rings (SSSR count). The zero-order chi connectivity index (χ0) is 14.0. The first-order chi connectivity index (χ1) is 9.02. The molecule has 1 spiro atoms. The van der Waals surface area contributed by atoms with E-state index in [0.29, 0.717) is 0 Å². The molecular formula is C14H24N2O2S. The minimum Gasteiger partial charge on any atom is -0.340 e. The first-order valence-electron chi connectivity index (χ1n) is 7.24. The van der Waals surface area contributed by atoms with E-state index in [0.717, 1.165) is 37.2 Å². The van der Waals surface area contributed by atoms with Gasteiger partial charge in [0.1, 0.15) is 11.6 Å². The van der Waals surface area contributed by atoms with Gasteiger partial charge in [-0.1, -0.05) is 19.8 Å². The number of nitrogens with zero attached hydrogens (tertiary/aromatic N) is 1. The minimum absolute atomic E-state index is 0.00912. The molecule has 2 aliphatic rings. The third-order valence-electron chi connectivity index (χ3n) is 4.30. The van der Waals surface area contributed by atoms with Crippen molar-refractivity contribution in [3.63, 3.8) is 0 Å². The number of hydrogen-bond acceptors (Lipinski definition) is 3. The van der Waals surface area contributed by atoms with E-state index in [1.807, 2.05) is 23.6 Å². The zero-order valence-corrected chi connectivity index (χ0v) is 12.9. The number of carbonyl (C=O) groups excluding carboxylic acids is 2. The van der Waals surface area contributed by atoms with E-state index < -0.39 is 5.54 Å². The molecule has 1 heterocycles. The maximum absolute atomic E-state index is 12.8. The average Bonchev–Trinajstić information content (AvgIpc) is 2.84. The summed E-state index contributed by atoms with van der Waals surface area (Å²) in [5.74, 6) is 2.09. The van der Waals surface area contributed by atoms with Crippen LogP contribution in [0.3, 0.4) is 0 Å². The van der Waals surface area contributed by atoms with Gasteiger partial charge in [-0.2, -0.15) is 11.8 Å². The molecule has 108 valence electrons. The Morgan fingerprint density at radius 2 is 2.05 bits per heavy atom. The molecular weight excluding hydrogens is 260 g/mol. The van der Waals surface area contributed by atoms with Crippen LogP contribution in [0.4, 0.5) is 0 Å². The molecule has 0 bridgehead atoms. The van der Waals surface area contributed by atoms with E-state index >= 15 is 0 Å². The molecule has 1 N–H and O–H groups in total. The van der Waals surface area contributed by atoms with E-state index in [2.05, 4.69) is 19.2 Å². The lowest BCUT2D eigenvalue weighted by Crippen LogP contribution is -2.70. The molecule has 0 aromatic rings. The third-order valence-corrected chi connectivity index (χ3v) is 5.42. The van der Waals surface area contributed by atoms with Gasteiger partial charge in [0, 0.05) is 11.8 Å². The van der Waals surface area contributed by atoms with Crippen LogP contribution >= 0.6 is 11.8 Å². The molecule has 1 aliphatic heterocycles. The van der Waals surface area contributed by atoms with Crippen molar-refractivity contribution in [2.75, 3.05) is 11.5 Å². The number of rotatable bonds is 4. The highest BCUT2D eigenvalue weighted by atomic mass is 32.2. The number of carbonyl (C=O) groups is 2. The Labute approximate surface area is 119 Å². The molecule has 2 amide bonds. The maximum atomic E-state index is 12.8. The van der Waals surface area contributed by atoms with Crippen molar-refractivity contribution < 1.29 is 9.59 Å². The van der Waals surface area contributed by atoms with Crippen LogP contribution in [0.2, 0.25) is 0 Å². The van der Waals surface area contributed by atoms with Gasteiger partial charge in [0.25, 0.3) is 0 Å². The van der Waals surface area contributed by atoms with Crippen LogP contribution in [0.1, 0.15) is 46.5 Å². The third kappa shape index (κ3) is 2.62. The summed E-state index contributed by atoms with van der Waals surface area (Å²) in [6.45, 7) is 6.00. The molecule has 2 fully saturated rings. The van der Waals surface area contributed by atoms with Crippen molar-refractivity contribution in [1.82, 2.24) is 10.2 Å². The summed E-state index contributed by atoms with van der Waals surface area (Å²) in [6.07, 6.45) is 3.67. The molecule has 0 aromatic carbocycles. The predicted molar refractivity (Wildman–Crippen MR) is 78.1 cm³/mol. The molecule has 1 aliphatic carbocycles. The van der Waals surface area contributed by atoms with Gasteiger partial charge < -0.3 is 10.2 Å². The minimum atomic E-state index is -0.589. The van der Waals surface area contributed by atoms with Crippen molar-refractivity contribution in [3.8, 4) is 0 Å². The van der Waals surface area contributed by atoms with Crippen LogP contribution < -0.4 is 5.32 Å². The van der Waals surface area contributed by atoms with Crippen LogP contribution in [0.5, 0.6) is 0 Å². The van der Waals surface area contributed by atoms with Crippen LogP contribution in [0, 0.1) is 0 Å². The highest BCUT2D eigenvalue weighted by molar-refractivity contribution is 7.99. The van der Waals surface area contributed by atoms with Crippen LogP contribution in [-0.4, -0.2) is 45.8 Å². The molecule has 1 saturated heterocycles. The molecule has 4 nitrogen and oxygen atoms in total. The number of thioether (sulfide) groups is 1. The fraction of sp³-hybridized carbons (Fsp3) is 0.857. The van der Waals surface area contributed by atoms with Gasteiger partial charge in [0.05, 0.1) is 0 Å². The van der Waals surface area contributed by atoms with Gasteiger partial charge in [-0.3, -0.25) is 9.59 Å². The monoisotopic (exact) mass is 284 g/mol. The van der Waals surface area contributed by atoms with Crippen molar-refractivity contribution in [1.29, 1.82) is 0 Å². The predicted octanol–water partition coefficient (Wildman–Crippen LogP) is 1.79. The lowest BCUT2D eigenvalue weighted by molar-refractivity contribution is -0.156. The van der Waals surface area contributed by atoms with Gasteiger partial charge in [0.2, 0.25) is 11.8 Å². The molecule has 1 saturated carbocycles. The van der Waals surface area contributed by atoms with Gasteiger partial charge in [0.15, 0.2) is 0 Å². The summed E-state index contributed by atoms with van der Waals surface area (Å²) in [5.41, 5.74) is -0.589. The summed E-state index contributed by atoms with van der Waals surface area (Å²) in [4.78, 5) is 26.8. The van der Waals surface area contributed by atoms with Gasteiger partial charge in [-0.15, -0.1) is 0 Å². The van der Waals surface area contributed by atoms with Gasteiger partial charge >= 0.3 is 0 Å². The summed E-state index contributed by atoms with van der Waals surface area (Å²) in [6, 6.07) is -0.220. The standard InChI is InChI=1S/C14H24N2O2S/c1-4-19-9-10(2)16-11(3)12(17)15-14(13(16)18)7-5-6-8-14/h10-11H,4-9H2,1-3H3,(H,15,17). The SMILES string of the molecule is CCSCC(C)N1C(=O)C2(CCCC2)NC(=O)C1C. The highest BCUT2D eigenvalue weighted by Gasteiger charge is 2.51. The Morgan fingerprint density at radius 1 is 1.42 bits per heavy atom. The van der Waals surface area contributed by atoms with E-state index in [4.69, 9.17) is 0 Å². The molecule has 19 heavy (non-hydrogen) atoms. The van der Waals surface area contributed by atoms with Crippen molar-refractivity contribution in [2.45, 2.75) is 64.1 Å². The van der Waals surface area contributed by atoms with Crippen LogP contribution in [0.25, 0.3) is 0 Å². The Morgan fingerprint density at radius 3 is 2.63 bits per heavy atom. The summed E-state index contributed by atoms with van der Waals surface area (Å²) in [7, 11) is 0. The van der Waals surface area contributed by atoms with E-state index in [9.17, 15) is 9.59 Å². The largest absolute Gasteiger partial charge is 0.340 e. The lowest BCUT2D eigenvalue weighted by atomic mass is 9.90. The molecule has 2 unspecified atom stereocenters. The maximum Gasteiger partial charge on any atom is 0.249 e. The second-order valence-corrected chi connectivity index (χ2v) is 6.99. The molecule has 0 radical (unpaired) electrons. The Hall–Kier alpha value is -0.710. The number of amides is 2. The first-order valence-corrected chi connectivity index (χ1v) is 8.40. The number of nitrogens with one attached hydrogen (secondary N) is 1. The van der Waals surface area contributed by atoms with E-state index in [-0.39, 0.29) is 23.9 Å². The lowest BCUT2D eigenvalue weighted by Gasteiger charge is -2.46. The second-order valence-electron chi connectivity index (χ2n) is 5.68. The van der Waals surface area contributed by atoms with E-state index in [1.54, 1.807) is 0 Å². The fourth-order valence-electron chi connectivity index (χ4n) is 3.21. The zero-order valence-electron chi connectivity index (χ0n) is 12.1. The Bertz CT molecular complexity index is 366. The topological polar surface area (TPSA) is 49.4 Å². The van der Waals surface area contributed by atoms with Gasteiger partial charge in [-0.25, -0.2) is 0 Å². The smallest absolute Gasteiger partial charge is 0.249 e. The Balaban J connectivity index is 2.19. The molecule has 5 heteroatoms. The van der Waals surface area contributed by atoms with Crippen molar-refractivity contribution in [2.24, 2.45) is 0 Å². The molecule has 2 atom stereocenters. The summed E-state index contributed by atoms with van der Waals surface area (Å²) < 4.78 is 0. The Kier molecular flexibility index (Phi) is 4.43. The molecule has 0 aromatic heterocycles. The van der Waals surface area contributed by atoms with Crippen LogP contribution in [0.15, 0.2) is 0 Å². The summed E-state index contributed by atoms with van der Waals surface area (Å²) >= 11 is 1.82. The summed E-state index contributed by atoms with van der Waals surface area (Å²) in [5, 5.41) is 3.00. The van der Waals surface area contributed by atoms with Crippen LogP contribution in [-0.2, 0) is 9.59 Å². The van der Waals surface area contributed by atoms with Gasteiger partial charge in [-0.05, 0) is 32.4 Å². The van der Waals surface area contributed by atoms with Crippen molar-refractivity contribution in [3.05, 3.63) is 0 Å². The average molecular weight is 284 g/mol. The number of piperazine rings is 1. The van der Waals surface area contributed by atoms with Crippen molar-refractivity contribution >= 4 is 23.6 Å². The highest BCUT2D eigenvalue weighted by Crippen LogP contribution is 2.35. The second kappa shape index (κ2) is 5.73.